The highest BCUT2D eigenvalue weighted by molar-refractivity contribution is 7.98. The van der Waals surface area contributed by atoms with Crippen molar-refractivity contribution in [3.8, 4) is 0 Å². The Morgan fingerprint density at radius 3 is 2.73 bits per heavy atom. The number of aromatic nitrogens is 1. The van der Waals surface area contributed by atoms with Gasteiger partial charge in [-0.15, -0.1) is 23.1 Å². The Balaban J connectivity index is 2.64. The average molecular weight is 258 g/mol. The zero-order valence-corrected chi connectivity index (χ0v) is 11.3. The van der Waals surface area contributed by atoms with E-state index in [1.807, 2.05) is 6.07 Å². The van der Waals surface area contributed by atoms with E-state index < -0.39 is 0 Å². The Morgan fingerprint density at radius 2 is 2.13 bits per heavy atom. The fourth-order valence-electron chi connectivity index (χ4n) is 1.35. The summed E-state index contributed by atoms with van der Waals surface area (Å²) in [5.41, 5.74) is 0.947. The van der Waals surface area contributed by atoms with Crippen molar-refractivity contribution in [3.63, 3.8) is 0 Å². The molecule has 1 nitrogen and oxygen atoms in total. The highest BCUT2D eigenvalue weighted by Crippen LogP contribution is 2.34. The zero-order valence-electron chi connectivity index (χ0n) is 8.87. The maximum Gasteiger partial charge on any atom is 0.100 e. The summed E-state index contributed by atoms with van der Waals surface area (Å²) in [6.07, 6.45) is 2.06. The van der Waals surface area contributed by atoms with E-state index >= 15 is 0 Å². The van der Waals surface area contributed by atoms with E-state index in [9.17, 15) is 0 Å². The van der Waals surface area contributed by atoms with Gasteiger partial charge in [-0.3, -0.25) is 0 Å². The van der Waals surface area contributed by atoms with E-state index in [1.54, 1.807) is 23.1 Å². The van der Waals surface area contributed by atoms with Crippen LogP contribution >= 0.6 is 34.7 Å². The number of nitrogens with zero attached hydrogens (tertiary/aromatic N) is 1. The predicted molar refractivity (Wildman–Crippen MR) is 70.5 cm³/mol. The molecule has 1 aromatic heterocycles. The van der Waals surface area contributed by atoms with Crippen LogP contribution in [0.1, 0.15) is 24.8 Å². The van der Waals surface area contributed by atoms with Gasteiger partial charge in [-0.2, -0.15) is 0 Å². The van der Waals surface area contributed by atoms with Crippen LogP contribution in [-0.2, 0) is 0 Å². The van der Waals surface area contributed by atoms with Crippen molar-refractivity contribution in [2.45, 2.75) is 24.7 Å². The van der Waals surface area contributed by atoms with E-state index in [2.05, 4.69) is 31.2 Å². The van der Waals surface area contributed by atoms with Gasteiger partial charge in [-0.05, 0) is 18.4 Å². The van der Waals surface area contributed by atoms with Crippen LogP contribution in [0.5, 0.6) is 0 Å². The summed E-state index contributed by atoms with van der Waals surface area (Å²) in [6.45, 7) is 4.31. The molecule has 80 valence electrons. The molecule has 0 radical (unpaired) electrons. The Morgan fingerprint density at radius 1 is 1.40 bits per heavy atom. The lowest BCUT2D eigenvalue weighted by molar-refractivity contribution is 0.857. The molecule has 15 heavy (non-hydrogen) atoms. The van der Waals surface area contributed by atoms with Crippen molar-refractivity contribution in [1.82, 2.24) is 4.98 Å². The molecule has 0 aliphatic rings. The van der Waals surface area contributed by atoms with Gasteiger partial charge in [0.05, 0.1) is 14.7 Å². The van der Waals surface area contributed by atoms with Gasteiger partial charge in [0.15, 0.2) is 0 Å². The molecule has 0 N–H and O–H groups in total. The quantitative estimate of drug-likeness (QED) is 0.717. The number of thioether (sulfide) groups is 1. The van der Waals surface area contributed by atoms with Crippen molar-refractivity contribution < 1.29 is 0 Å². The van der Waals surface area contributed by atoms with E-state index in [0.717, 1.165) is 15.5 Å². The average Bonchev–Trinajstić information content (AvgIpc) is 2.61. The van der Waals surface area contributed by atoms with Crippen molar-refractivity contribution in [2.75, 3.05) is 6.26 Å². The molecule has 0 aliphatic heterocycles. The zero-order chi connectivity index (χ0) is 11.0. The highest BCUT2D eigenvalue weighted by atomic mass is 35.5. The van der Waals surface area contributed by atoms with Gasteiger partial charge in [0.25, 0.3) is 0 Å². The molecule has 0 atom stereocenters. The first-order chi connectivity index (χ1) is 7.11. The molecule has 0 spiro atoms. The third-order valence-electron chi connectivity index (χ3n) is 2.17. The van der Waals surface area contributed by atoms with Gasteiger partial charge in [0.2, 0.25) is 0 Å². The summed E-state index contributed by atoms with van der Waals surface area (Å²) in [4.78, 5) is 5.76. The maximum atomic E-state index is 6.19. The second-order valence-electron chi connectivity index (χ2n) is 3.66. The number of halogens is 1. The van der Waals surface area contributed by atoms with Gasteiger partial charge in [0, 0.05) is 10.8 Å². The van der Waals surface area contributed by atoms with Gasteiger partial charge in [0.1, 0.15) is 5.52 Å². The number of benzene rings is 1. The summed E-state index contributed by atoms with van der Waals surface area (Å²) in [6, 6.07) is 4.15. The van der Waals surface area contributed by atoms with Crippen LogP contribution in [0.3, 0.4) is 0 Å². The first-order valence-electron chi connectivity index (χ1n) is 4.75. The van der Waals surface area contributed by atoms with E-state index in [0.29, 0.717) is 5.92 Å². The van der Waals surface area contributed by atoms with E-state index in [4.69, 9.17) is 11.6 Å². The van der Waals surface area contributed by atoms with Crippen molar-refractivity contribution in [1.29, 1.82) is 0 Å². The number of fused-ring (bicyclic) bond motifs is 1. The lowest BCUT2D eigenvalue weighted by Gasteiger charge is -1.97. The maximum absolute atomic E-state index is 6.19. The molecule has 0 unspecified atom stereocenters. The molecule has 0 saturated carbocycles. The van der Waals surface area contributed by atoms with Crippen LogP contribution in [0, 0.1) is 0 Å². The van der Waals surface area contributed by atoms with Crippen molar-refractivity contribution >= 4 is 44.9 Å². The minimum atomic E-state index is 0.469. The lowest BCUT2D eigenvalue weighted by Crippen LogP contribution is -1.83. The largest absolute Gasteiger partial charge is 0.239 e. The van der Waals surface area contributed by atoms with Crippen molar-refractivity contribution in [3.05, 3.63) is 22.2 Å². The molecule has 0 bridgehead atoms. The number of thiazole rings is 1. The second-order valence-corrected chi connectivity index (χ2v) is 6.01. The third-order valence-corrected chi connectivity index (χ3v) is 4.47. The molecule has 1 aromatic carbocycles. The third kappa shape index (κ3) is 2.14. The minimum Gasteiger partial charge on any atom is -0.239 e. The fraction of sp³-hybridized carbons (Fsp3) is 0.364. The molecule has 2 rings (SSSR count). The summed E-state index contributed by atoms with van der Waals surface area (Å²) in [7, 11) is 0. The van der Waals surface area contributed by atoms with Gasteiger partial charge in [-0.1, -0.05) is 25.4 Å². The molecule has 0 fully saturated rings. The van der Waals surface area contributed by atoms with Crippen LogP contribution in [0.25, 0.3) is 10.2 Å². The van der Waals surface area contributed by atoms with Crippen molar-refractivity contribution in [2.24, 2.45) is 0 Å². The summed E-state index contributed by atoms with van der Waals surface area (Å²) in [5, 5.41) is 1.92. The van der Waals surface area contributed by atoms with Crippen LogP contribution in [0.15, 0.2) is 17.0 Å². The molecular weight excluding hydrogens is 246 g/mol. The number of hydrogen-bond acceptors (Lipinski definition) is 3. The predicted octanol–water partition coefficient (Wildman–Crippen LogP) is 4.80. The molecule has 0 saturated heterocycles. The SMILES string of the molecule is CSc1cc(Cl)c2nc(C(C)C)sc2c1. The summed E-state index contributed by atoms with van der Waals surface area (Å²) in [5.74, 6) is 0.469. The lowest BCUT2D eigenvalue weighted by atomic mass is 10.2. The highest BCUT2D eigenvalue weighted by Gasteiger charge is 2.10. The Bertz CT molecular complexity index is 491. The molecule has 4 heteroatoms. The first-order valence-corrected chi connectivity index (χ1v) is 7.17. The number of rotatable bonds is 2. The van der Waals surface area contributed by atoms with Crippen LogP contribution in [-0.4, -0.2) is 11.2 Å². The van der Waals surface area contributed by atoms with Gasteiger partial charge >= 0.3 is 0 Å². The van der Waals surface area contributed by atoms with Crippen LogP contribution in [0.4, 0.5) is 0 Å². The number of hydrogen-bond donors (Lipinski definition) is 0. The van der Waals surface area contributed by atoms with Crippen LogP contribution in [0.2, 0.25) is 5.02 Å². The van der Waals surface area contributed by atoms with Gasteiger partial charge < -0.3 is 0 Å². The molecular formula is C11H12ClNS2. The summed E-state index contributed by atoms with van der Waals surface area (Å²) >= 11 is 9.64. The topological polar surface area (TPSA) is 12.9 Å². The minimum absolute atomic E-state index is 0.469. The first kappa shape index (κ1) is 11.2. The summed E-state index contributed by atoms with van der Waals surface area (Å²) < 4.78 is 1.19. The standard InChI is InChI=1S/C11H12ClNS2/c1-6(2)11-13-10-8(12)4-7(14-3)5-9(10)15-11/h4-6H,1-3H3. The Hall–Kier alpha value is -0.250. The molecule has 2 aromatic rings. The van der Waals surface area contributed by atoms with Crippen LogP contribution < -0.4 is 0 Å². The van der Waals surface area contributed by atoms with E-state index in [-0.39, 0.29) is 0 Å². The Labute approximate surface area is 103 Å². The Kier molecular flexibility index (Phi) is 3.24. The molecule has 0 aliphatic carbocycles. The normalized spacial score (nSPS) is 11.5. The monoisotopic (exact) mass is 257 g/mol. The van der Waals surface area contributed by atoms with Gasteiger partial charge in [-0.25, -0.2) is 4.98 Å². The van der Waals surface area contributed by atoms with E-state index in [1.165, 1.54) is 9.60 Å². The smallest absolute Gasteiger partial charge is 0.100 e. The fourth-order valence-corrected chi connectivity index (χ4v) is 3.31. The molecule has 0 amide bonds. The second kappa shape index (κ2) is 4.32. The molecule has 1 heterocycles.